The number of hydrogen-bond acceptors (Lipinski definition) is 4. The fourth-order valence-corrected chi connectivity index (χ4v) is 1.90. The number of fused-ring (bicyclic) bond motifs is 1. The Kier molecular flexibility index (Phi) is 2.98. The van der Waals surface area contributed by atoms with Crippen LogP contribution in [0.4, 0.5) is 17.2 Å². The molecule has 4 heteroatoms. The van der Waals surface area contributed by atoms with E-state index in [0.717, 1.165) is 28.2 Å². The van der Waals surface area contributed by atoms with Gasteiger partial charge in [-0.2, -0.15) is 0 Å². The van der Waals surface area contributed by atoms with Crippen molar-refractivity contribution < 1.29 is 0 Å². The highest BCUT2D eigenvalue weighted by Gasteiger charge is 2.01. The lowest BCUT2D eigenvalue weighted by molar-refractivity contribution is 1.26. The maximum Gasteiger partial charge on any atom is 0.144 e. The number of para-hydroxylation sites is 1. The van der Waals surface area contributed by atoms with Gasteiger partial charge in [-0.1, -0.05) is 18.2 Å². The van der Waals surface area contributed by atoms with E-state index >= 15 is 0 Å². The molecule has 0 aliphatic carbocycles. The molecule has 2 N–H and O–H groups in total. The lowest BCUT2D eigenvalue weighted by Crippen LogP contribution is -1.95. The molecule has 0 atom stereocenters. The fourth-order valence-electron chi connectivity index (χ4n) is 1.90. The van der Waals surface area contributed by atoms with E-state index in [1.807, 2.05) is 55.6 Å². The van der Waals surface area contributed by atoms with E-state index in [9.17, 15) is 0 Å². The molecule has 0 unspecified atom stereocenters. The predicted octanol–water partition coefficient (Wildman–Crippen LogP) is 3.42. The minimum absolute atomic E-state index is 0.768. The standard InChI is InChI=1S/C15H14N4/c1-16-15-10-17-13-8-7-12(9-14(13)19-15)18-11-5-3-2-4-6-11/h2-10,18H,1H3,(H,16,19). The van der Waals surface area contributed by atoms with Crippen molar-refractivity contribution in [2.45, 2.75) is 0 Å². The topological polar surface area (TPSA) is 49.8 Å². The first-order chi connectivity index (χ1) is 9.35. The first kappa shape index (κ1) is 11.5. The van der Waals surface area contributed by atoms with Crippen LogP contribution in [0.15, 0.2) is 54.7 Å². The molecule has 0 aliphatic rings. The van der Waals surface area contributed by atoms with Gasteiger partial charge >= 0.3 is 0 Å². The highest BCUT2D eigenvalue weighted by molar-refractivity contribution is 5.80. The third kappa shape index (κ3) is 2.47. The molecule has 4 nitrogen and oxygen atoms in total. The van der Waals surface area contributed by atoms with Gasteiger partial charge in [0.25, 0.3) is 0 Å². The molecule has 0 radical (unpaired) electrons. The molecule has 1 aromatic heterocycles. The van der Waals surface area contributed by atoms with Crippen molar-refractivity contribution in [3.8, 4) is 0 Å². The molecule has 0 bridgehead atoms. The molecule has 0 aliphatic heterocycles. The van der Waals surface area contributed by atoms with E-state index in [2.05, 4.69) is 20.6 Å². The number of nitrogens with zero attached hydrogens (tertiary/aromatic N) is 2. The molecular formula is C15H14N4. The van der Waals surface area contributed by atoms with Gasteiger partial charge in [0.05, 0.1) is 17.2 Å². The number of nitrogens with one attached hydrogen (secondary N) is 2. The van der Waals surface area contributed by atoms with Crippen LogP contribution in [0.5, 0.6) is 0 Å². The largest absolute Gasteiger partial charge is 0.372 e. The van der Waals surface area contributed by atoms with E-state index < -0.39 is 0 Å². The van der Waals surface area contributed by atoms with Gasteiger partial charge in [0.15, 0.2) is 0 Å². The molecule has 19 heavy (non-hydrogen) atoms. The van der Waals surface area contributed by atoms with Crippen molar-refractivity contribution >= 4 is 28.2 Å². The third-order valence-corrected chi connectivity index (χ3v) is 2.86. The minimum Gasteiger partial charge on any atom is -0.372 e. The van der Waals surface area contributed by atoms with Crippen molar-refractivity contribution in [1.29, 1.82) is 0 Å². The quantitative estimate of drug-likeness (QED) is 0.748. The molecule has 0 saturated carbocycles. The summed E-state index contributed by atoms with van der Waals surface area (Å²) in [6.07, 6.45) is 1.73. The second kappa shape index (κ2) is 4.94. The van der Waals surface area contributed by atoms with Gasteiger partial charge in [-0.05, 0) is 30.3 Å². The first-order valence-corrected chi connectivity index (χ1v) is 6.12. The lowest BCUT2D eigenvalue weighted by atomic mass is 10.2. The van der Waals surface area contributed by atoms with E-state index in [1.54, 1.807) is 6.20 Å². The van der Waals surface area contributed by atoms with Crippen molar-refractivity contribution in [3.63, 3.8) is 0 Å². The summed E-state index contributed by atoms with van der Waals surface area (Å²) in [5.41, 5.74) is 3.81. The van der Waals surface area contributed by atoms with Crippen molar-refractivity contribution in [3.05, 3.63) is 54.7 Å². The van der Waals surface area contributed by atoms with Crippen molar-refractivity contribution in [2.24, 2.45) is 0 Å². The van der Waals surface area contributed by atoms with Crippen LogP contribution < -0.4 is 10.6 Å². The second-order valence-electron chi connectivity index (χ2n) is 4.20. The summed E-state index contributed by atoms with van der Waals surface area (Å²) in [5, 5.41) is 6.34. The summed E-state index contributed by atoms with van der Waals surface area (Å²) in [5.74, 6) is 0.768. The molecule has 0 amide bonds. The van der Waals surface area contributed by atoms with Gasteiger partial charge in [0, 0.05) is 18.4 Å². The van der Waals surface area contributed by atoms with Crippen LogP contribution in [0.2, 0.25) is 0 Å². The number of rotatable bonds is 3. The van der Waals surface area contributed by atoms with Crippen LogP contribution >= 0.6 is 0 Å². The SMILES string of the molecule is CNc1cnc2ccc(Nc3ccccc3)cc2n1. The Morgan fingerprint density at radius 3 is 2.53 bits per heavy atom. The fraction of sp³-hybridized carbons (Fsp3) is 0.0667. The van der Waals surface area contributed by atoms with E-state index in [1.165, 1.54) is 0 Å². The summed E-state index contributed by atoms with van der Waals surface area (Å²) in [4.78, 5) is 8.83. The van der Waals surface area contributed by atoms with Crippen LogP contribution in [0.3, 0.4) is 0 Å². The number of benzene rings is 2. The molecule has 3 rings (SSSR count). The first-order valence-electron chi connectivity index (χ1n) is 6.12. The summed E-state index contributed by atoms with van der Waals surface area (Å²) >= 11 is 0. The zero-order chi connectivity index (χ0) is 13.1. The Balaban J connectivity index is 1.96. The van der Waals surface area contributed by atoms with Crippen LogP contribution in [0, 0.1) is 0 Å². The molecule has 3 aromatic rings. The van der Waals surface area contributed by atoms with Crippen LogP contribution in [-0.2, 0) is 0 Å². The Morgan fingerprint density at radius 2 is 1.74 bits per heavy atom. The van der Waals surface area contributed by atoms with Gasteiger partial charge in [0.1, 0.15) is 5.82 Å². The highest BCUT2D eigenvalue weighted by atomic mass is 15.0. The average molecular weight is 250 g/mol. The molecular weight excluding hydrogens is 236 g/mol. The molecule has 2 aromatic carbocycles. The molecule has 94 valence electrons. The maximum atomic E-state index is 4.48. The summed E-state index contributed by atoms with van der Waals surface area (Å²) in [6, 6.07) is 16.0. The molecule has 1 heterocycles. The zero-order valence-corrected chi connectivity index (χ0v) is 10.6. The minimum atomic E-state index is 0.768. The normalized spacial score (nSPS) is 10.4. The van der Waals surface area contributed by atoms with Gasteiger partial charge in [0.2, 0.25) is 0 Å². The number of hydrogen-bond donors (Lipinski definition) is 2. The van der Waals surface area contributed by atoms with Gasteiger partial charge in [-0.25, -0.2) is 4.98 Å². The van der Waals surface area contributed by atoms with Crippen LogP contribution in [0.1, 0.15) is 0 Å². The smallest absolute Gasteiger partial charge is 0.144 e. The van der Waals surface area contributed by atoms with Crippen LogP contribution in [0.25, 0.3) is 11.0 Å². The lowest BCUT2D eigenvalue weighted by Gasteiger charge is -2.07. The van der Waals surface area contributed by atoms with Gasteiger partial charge < -0.3 is 10.6 Å². The Bertz CT molecular complexity index is 695. The Morgan fingerprint density at radius 1 is 0.895 bits per heavy atom. The summed E-state index contributed by atoms with van der Waals surface area (Å²) in [7, 11) is 1.84. The zero-order valence-electron chi connectivity index (χ0n) is 10.6. The summed E-state index contributed by atoms with van der Waals surface area (Å²) in [6.45, 7) is 0. The van der Waals surface area contributed by atoms with Gasteiger partial charge in [-0.15, -0.1) is 0 Å². The molecule has 0 fully saturated rings. The van der Waals surface area contributed by atoms with E-state index in [0.29, 0.717) is 0 Å². The highest BCUT2D eigenvalue weighted by Crippen LogP contribution is 2.20. The van der Waals surface area contributed by atoms with E-state index in [4.69, 9.17) is 0 Å². The summed E-state index contributed by atoms with van der Waals surface area (Å²) < 4.78 is 0. The monoisotopic (exact) mass is 250 g/mol. The predicted molar refractivity (Wildman–Crippen MR) is 78.8 cm³/mol. The number of anilines is 3. The molecule has 0 spiro atoms. The molecule has 0 saturated heterocycles. The van der Waals surface area contributed by atoms with Crippen molar-refractivity contribution in [1.82, 2.24) is 9.97 Å². The second-order valence-corrected chi connectivity index (χ2v) is 4.20. The van der Waals surface area contributed by atoms with Crippen LogP contribution in [-0.4, -0.2) is 17.0 Å². The van der Waals surface area contributed by atoms with E-state index in [-0.39, 0.29) is 0 Å². The van der Waals surface area contributed by atoms with Gasteiger partial charge in [-0.3, -0.25) is 4.98 Å². The average Bonchev–Trinajstić information content (AvgIpc) is 2.47. The Hall–Kier alpha value is -2.62. The maximum absolute atomic E-state index is 4.48. The third-order valence-electron chi connectivity index (χ3n) is 2.86. The van der Waals surface area contributed by atoms with Crippen molar-refractivity contribution in [2.75, 3.05) is 17.7 Å². The number of aromatic nitrogens is 2. The Labute approximate surface area is 111 Å².